The summed E-state index contributed by atoms with van der Waals surface area (Å²) in [5.74, 6) is 1.19. The molecule has 2 aliphatic rings. The van der Waals surface area contributed by atoms with E-state index in [1.165, 1.54) is 17.6 Å². The molecule has 4 atom stereocenters. The Labute approximate surface area is 99.3 Å². The molecule has 2 fully saturated rings. The molecule has 2 rings (SSSR count). The lowest BCUT2D eigenvalue weighted by atomic mass is 9.63. The van der Waals surface area contributed by atoms with Gasteiger partial charge in [-0.1, -0.05) is 24.6 Å². The molecule has 0 spiro atoms. The topological polar surface area (TPSA) is 20.2 Å². The minimum Gasteiger partial charge on any atom is -0.393 e. The quantitative estimate of drug-likeness (QED) is 0.704. The fourth-order valence-electron chi connectivity index (χ4n) is 4.01. The van der Waals surface area contributed by atoms with Crippen LogP contribution in [0.25, 0.3) is 0 Å². The van der Waals surface area contributed by atoms with Gasteiger partial charge in [-0.15, -0.1) is 6.58 Å². The molecule has 2 saturated carbocycles. The molecule has 16 heavy (non-hydrogen) atoms. The van der Waals surface area contributed by atoms with Crippen molar-refractivity contribution in [1.82, 2.24) is 0 Å². The molecule has 0 amide bonds. The van der Waals surface area contributed by atoms with Crippen molar-refractivity contribution in [3.8, 4) is 0 Å². The van der Waals surface area contributed by atoms with Gasteiger partial charge >= 0.3 is 0 Å². The summed E-state index contributed by atoms with van der Waals surface area (Å²) in [5, 5.41) is 10.2. The largest absolute Gasteiger partial charge is 0.393 e. The standard InChI is InChI=1S/C15H24O/c1-10(2)9-12-7-8-15(4)13(16)6-5-11(3)14(12)15/h12-14,16H,1,3,5-9H2,2,4H3/t12-,13-,14-,15+/m0/s1. The van der Waals surface area contributed by atoms with Crippen LogP contribution in [-0.2, 0) is 0 Å². The Morgan fingerprint density at radius 2 is 2.19 bits per heavy atom. The van der Waals surface area contributed by atoms with Crippen LogP contribution in [0.3, 0.4) is 0 Å². The van der Waals surface area contributed by atoms with E-state index in [-0.39, 0.29) is 11.5 Å². The zero-order valence-corrected chi connectivity index (χ0v) is 10.6. The maximum Gasteiger partial charge on any atom is 0.0602 e. The molecule has 0 saturated heterocycles. The van der Waals surface area contributed by atoms with Gasteiger partial charge in [0.15, 0.2) is 0 Å². The number of aliphatic hydroxyl groups is 1. The molecule has 0 aromatic carbocycles. The van der Waals surface area contributed by atoms with E-state index < -0.39 is 0 Å². The molecule has 0 aliphatic heterocycles. The number of rotatable bonds is 2. The van der Waals surface area contributed by atoms with Crippen LogP contribution >= 0.6 is 0 Å². The zero-order chi connectivity index (χ0) is 11.9. The third-order valence-electron chi connectivity index (χ3n) is 4.79. The highest BCUT2D eigenvalue weighted by Crippen LogP contribution is 2.57. The van der Waals surface area contributed by atoms with Crippen LogP contribution in [0.5, 0.6) is 0 Å². The second kappa shape index (κ2) is 4.03. The van der Waals surface area contributed by atoms with E-state index in [9.17, 15) is 5.11 Å². The van der Waals surface area contributed by atoms with Crippen molar-refractivity contribution in [1.29, 1.82) is 0 Å². The SMILES string of the molecule is C=C(C)C[C@@H]1CC[C@]2(C)[C@@H](O)CCC(=C)[C@@H]12. The molecular weight excluding hydrogens is 196 g/mol. The molecule has 0 heterocycles. The van der Waals surface area contributed by atoms with E-state index in [0.717, 1.165) is 25.7 Å². The molecule has 0 aromatic heterocycles. The van der Waals surface area contributed by atoms with Crippen LogP contribution in [-0.4, -0.2) is 11.2 Å². The molecule has 1 N–H and O–H groups in total. The van der Waals surface area contributed by atoms with Crippen LogP contribution in [0, 0.1) is 17.3 Å². The number of allylic oxidation sites excluding steroid dienone is 2. The first-order chi connectivity index (χ1) is 7.45. The van der Waals surface area contributed by atoms with E-state index in [4.69, 9.17) is 0 Å². The predicted octanol–water partition coefficient (Wildman–Crippen LogP) is 3.70. The molecule has 90 valence electrons. The predicted molar refractivity (Wildman–Crippen MR) is 68.1 cm³/mol. The first-order valence-corrected chi connectivity index (χ1v) is 6.45. The maximum absolute atomic E-state index is 10.2. The minimum atomic E-state index is -0.127. The Bertz CT molecular complexity index is 317. The van der Waals surface area contributed by atoms with Crippen LogP contribution in [0.1, 0.15) is 46.0 Å². The van der Waals surface area contributed by atoms with Gasteiger partial charge in [0.05, 0.1) is 6.10 Å². The van der Waals surface area contributed by atoms with Gasteiger partial charge in [-0.05, 0) is 50.9 Å². The molecule has 0 radical (unpaired) electrons. The lowest BCUT2D eigenvalue weighted by molar-refractivity contribution is -0.0110. The summed E-state index contributed by atoms with van der Waals surface area (Å²) in [6.07, 6.45) is 5.27. The van der Waals surface area contributed by atoms with Crippen molar-refractivity contribution in [2.45, 2.75) is 52.1 Å². The average Bonchev–Trinajstić information content (AvgIpc) is 2.52. The van der Waals surface area contributed by atoms with E-state index in [2.05, 4.69) is 27.0 Å². The second-order valence-corrected chi connectivity index (χ2v) is 6.16. The first kappa shape index (κ1) is 11.9. The van der Waals surface area contributed by atoms with Crippen molar-refractivity contribution in [3.05, 3.63) is 24.3 Å². The lowest BCUT2D eigenvalue weighted by Gasteiger charge is -2.44. The van der Waals surface area contributed by atoms with Crippen molar-refractivity contribution in [2.75, 3.05) is 0 Å². The first-order valence-electron chi connectivity index (χ1n) is 6.45. The monoisotopic (exact) mass is 220 g/mol. The molecule has 2 aliphatic carbocycles. The third kappa shape index (κ3) is 1.75. The normalized spacial score (nSPS) is 43.2. The van der Waals surface area contributed by atoms with Gasteiger partial charge in [0, 0.05) is 5.41 Å². The lowest BCUT2D eigenvalue weighted by Crippen LogP contribution is -2.41. The third-order valence-corrected chi connectivity index (χ3v) is 4.79. The van der Waals surface area contributed by atoms with Crippen LogP contribution < -0.4 is 0 Å². The molecule has 0 unspecified atom stereocenters. The Morgan fingerprint density at radius 1 is 1.50 bits per heavy atom. The van der Waals surface area contributed by atoms with Crippen molar-refractivity contribution in [3.63, 3.8) is 0 Å². The zero-order valence-electron chi connectivity index (χ0n) is 10.6. The van der Waals surface area contributed by atoms with Gasteiger partial charge in [-0.25, -0.2) is 0 Å². The maximum atomic E-state index is 10.2. The molecule has 0 bridgehead atoms. The average molecular weight is 220 g/mol. The summed E-state index contributed by atoms with van der Waals surface area (Å²) in [7, 11) is 0. The number of hydrogen-bond donors (Lipinski definition) is 1. The highest BCUT2D eigenvalue weighted by atomic mass is 16.3. The van der Waals surface area contributed by atoms with Crippen LogP contribution in [0.2, 0.25) is 0 Å². The molecule has 1 heteroatoms. The Hall–Kier alpha value is -0.560. The minimum absolute atomic E-state index is 0.0927. The van der Waals surface area contributed by atoms with E-state index in [0.29, 0.717) is 11.8 Å². The van der Waals surface area contributed by atoms with Crippen molar-refractivity contribution < 1.29 is 5.11 Å². The summed E-state index contributed by atoms with van der Waals surface area (Å²) >= 11 is 0. The summed E-state index contributed by atoms with van der Waals surface area (Å²) in [6, 6.07) is 0. The second-order valence-electron chi connectivity index (χ2n) is 6.16. The van der Waals surface area contributed by atoms with Gasteiger partial charge in [-0.2, -0.15) is 0 Å². The van der Waals surface area contributed by atoms with Crippen molar-refractivity contribution >= 4 is 0 Å². The van der Waals surface area contributed by atoms with E-state index >= 15 is 0 Å². The molecule has 0 aromatic rings. The summed E-state index contributed by atoms with van der Waals surface area (Å²) in [6.45, 7) is 12.6. The fraction of sp³-hybridized carbons (Fsp3) is 0.733. The summed E-state index contributed by atoms with van der Waals surface area (Å²) in [4.78, 5) is 0. The van der Waals surface area contributed by atoms with E-state index in [1.807, 2.05) is 0 Å². The van der Waals surface area contributed by atoms with Gasteiger partial charge in [-0.3, -0.25) is 0 Å². The Kier molecular flexibility index (Phi) is 3.00. The Morgan fingerprint density at radius 3 is 2.81 bits per heavy atom. The highest BCUT2D eigenvalue weighted by Gasteiger charge is 2.51. The van der Waals surface area contributed by atoms with Crippen LogP contribution in [0.15, 0.2) is 24.3 Å². The fourth-order valence-corrected chi connectivity index (χ4v) is 4.01. The van der Waals surface area contributed by atoms with Gasteiger partial charge in [0.2, 0.25) is 0 Å². The van der Waals surface area contributed by atoms with Gasteiger partial charge in [0.1, 0.15) is 0 Å². The van der Waals surface area contributed by atoms with Crippen LogP contribution in [0.4, 0.5) is 0 Å². The summed E-state index contributed by atoms with van der Waals surface area (Å²) in [5.41, 5.74) is 2.73. The summed E-state index contributed by atoms with van der Waals surface area (Å²) < 4.78 is 0. The van der Waals surface area contributed by atoms with Gasteiger partial charge in [0.25, 0.3) is 0 Å². The number of fused-ring (bicyclic) bond motifs is 1. The molecular formula is C15H24O. The highest BCUT2D eigenvalue weighted by molar-refractivity contribution is 5.18. The van der Waals surface area contributed by atoms with Crippen molar-refractivity contribution in [2.24, 2.45) is 17.3 Å². The molecule has 1 nitrogen and oxygen atoms in total. The Balaban J connectivity index is 2.23. The smallest absolute Gasteiger partial charge is 0.0602 e. The number of aliphatic hydroxyl groups excluding tert-OH is 1. The van der Waals surface area contributed by atoms with Gasteiger partial charge < -0.3 is 5.11 Å². The van der Waals surface area contributed by atoms with E-state index in [1.54, 1.807) is 0 Å². The number of hydrogen-bond acceptors (Lipinski definition) is 1.